The number of pyridine rings is 1. The molecular formula is C28H29ClN2O5. The minimum Gasteiger partial charge on any atom is -0.480 e. The molecule has 0 saturated carbocycles. The van der Waals surface area contributed by atoms with Crippen molar-refractivity contribution in [2.45, 2.75) is 39.3 Å². The zero-order chi connectivity index (χ0) is 26.4. The van der Waals surface area contributed by atoms with Crippen molar-refractivity contribution in [3.8, 4) is 0 Å². The van der Waals surface area contributed by atoms with Gasteiger partial charge in [0.15, 0.2) is 5.43 Å². The zero-order valence-electron chi connectivity index (χ0n) is 21.0. The third-order valence-electron chi connectivity index (χ3n) is 6.03. The Bertz CT molecular complexity index is 1510. The van der Waals surface area contributed by atoms with E-state index in [2.05, 4.69) is 0 Å². The number of esters is 1. The summed E-state index contributed by atoms with van der Waals surface area (Å²) in [7, 11) is 3.60. The molecule has 8 heteroatoms. The number of aliphatic carboxylic acids is 1. The number of nitrogens with zero attached hydrogens (tertiary/aromatic N) is 2. The lowest BCUT2D eigenvalue weighted by molar-refractivity contribution is -0.158. The highest BCUT2D eigenvalue weighted by Gasteiger charge is 2.25. The molecule has 0 amide bonds. The number of benzene rings is 2. The van der Waals surface area contributed by atoms with E-state index in [1.807, 2.05) is 51.1 Å². The highest BCUT2D eigenvalue weighted by Crippen LogP contribution is 2.35. The molecule has 1 aliphatic rings. The first-order valence-electron chi connectivity index (χ1n) is 11.7. The molecule has 1 aromatic heterocycles. The molecule has 1 atom stereocenters. The lowest BCUT2D eigenvalue weighted by atomic mass is 9.92. The maximum atomic E-state index is 13.4. The van der Waals surface area contributed by atoms with Crippen molar-refractivity contribution in [1.29, 1.82) is 0 Å². The number of halogens is 1. The molecule has 0 saturated heterocycles. The molecular weight excluding hydrogens is 480 g/mol. The van der Waals surface area contributed by atoms with Crippen molar-refractivity contribution in [1.82, 2.24) is 4.57 Å². The Hall–Kier alpha value is -3.58. The van der Waals surface area contributed by atoms with E-state index in [1.165, 1.54) is 0 Å². The fourth-order valence-electron chi connectivity index (χ4n) is 4.52. The summed E-state index contributed by atoms with van der Waals surface area (Å²) in [6.07, 6.45) is 6.13. The van der Waals surface area contributed by atoms with Gasteiger partial charge >= 0.3 is 11.9 Å². The Morgan fingerprint density at radius 1 is 1.17 bits per heavy atom. The highest BCUT2D eigenvalue weighted by atomic mass is 35.5. The van der Waals surface area contributed by atoms with E-state index < -0.39 is 11.6 Å². The maximum Gasteiger partial charge on any atom is 0.323 e. The number of carbonyl (C=O) groups excluding carboxylic acids is 1. The van der Waals surface area contributed by atoms with Gasteiger partial charge in [0.2, 0.25) is 0 Å². The highest BCUT2D eigenvalue weighted by molar-refractivity contribution is 6.35. The van der Waals surface area contributed by atoms with Crippen molar-refractivity contribution in [3.05, 3.63) is 69.4 Å². The Morgan fingerprint density at radius 2 is 1.86 bits per heavy atom. The molecule has 1 aliphatic carbocycles. The van der Waals surface area contributed by atoms with Crippen molar-refractivity contribution in [2.24, 2.45) is 5.92 Å². The summed E-state index contributed by atoms with van der Waals surface area (Å²) in [5.41, 5.74) is 2.50. The molecule has 4 rings (SSSR count). The van der Waals surface area contributed by atoms with Gasteiger partial charge in [0, 0.05) is 24.9 Å². The van der Waals surface area contributed by atoms with Crippen LogP contribution in [0.2, 0.25) is 5.02 Å². The number of fused-ring (bicyclic) bond motifs is 2. The van der Waals surface area contributed by atoms with Crippen LogP contribution in [0.4, 0.5) is 5.69 Å². The molecule has 1 heterocycles. The van der Waals surface area contributed by atoms with Crippen LogP contribution in [-0.4, -0.2) is 41.3 Å². The van der Waals surface area contributed by atoms with Gasteiger partial charge in [-0.15, -0.1) is 0 Å². The summed E-state index contributed by atoms with van der Waals surface area (Å²) in [6, 6.07) is 8.69. The normalized spacial score (nSPS) is 15.7. The van der Waals surface area contributed by atoms with Crippen LogP contribution in [0.5, 0.6) is 0 Å². The number of carboxylic acid groups (broad SMARTS) is 1. The zero-order valence-corrected chi connectivity index (χ0v) is 21.7. The third kappa shape index (κ3) is 4.88. The second kappa shape index (κ2) is 9.47. The third-order valence-corrected chi connectivity index (χ3v) is 6.34. The van der Waals surface area contributed by atoms with E-state index in [0.29, 0.717) is 38.9 Å². The van der Waals surface area contributed by atoms with Gasteiger partial charge in [-0.25, -0.2) is 0 Å². The van der Waals surface area contributed by atoms with Gasteiger partial charge in [0.25, 0.3) is 0 Å². The molecule has 0 bridgehead atoms. The van der Waals surface area contributed by atoms with Crippen molar-refractivity contribution in [2.75, 3.05) is 19.0 Å². The number of hydrogen-bond donors (Lipinski definition) is 1. The summed E-state index contributed by atoms with van der Waals surface area (Å²) < 4.78 is 7.13. The van der Waals surface area contributed by atoms with Crippen LogP contribution in [0.3, 0.4) is 0 Å². The molecule has 0 radical (unpaired) electrons. The van der Waals surface area contributed by atoms with Gasteiger partial charge < -0.3 is 19.3 Å². The van der Waals surface area contributed by atoms with E-state index in [1.54, 1.807) is 41.8 Å². The predicted octanol–water partition coefficient (Wildman–Crippen LogP) is 5.26. The molecule has 7 nitrogen and oxygen atoms in total. The van der Waals surface area contributed by atoms with Crippen LogP contribution >= 0.6 is 11.6 Å². The van der Waals surface area contributed by atoms with Crippen LogP contribution in [0, 0.1) is 5.92 Å². The summed E-state index contributed by atoms with van der Waals surface area (Å²) in [4.78, 5) is 39.5. The standard InChI is InChI=1S/C28H29ClN2O5/c1-28(2,3)36-27(35)17-8-6-16(7-9-17)18-10-11-19-22(14-18)31(15-23(32)33)24-20(26(19)34)12-13-21(29)25(24)30(4)5/h6-8,10-14,17H,9,15H2,1-5H3,(H,32,33)/t17-/m0/s1. The Labute approximate surface area is 214 Å². The Balaban J connectivity index is 1.86. The van der Waals surface area contributed by atoms with E-state index >= 15 is 0 Å². The largest absolute Gasteiger partial charge is 0.480 e. The monoisotopic (exact) mass is 508 g/mol. The first kappa shape index (κ1) is 25.5. The first-order valence-corrected chi connectivity index (χ1v) is 12.0. The number of hydrogen-bond acceptors (Lipinski definition) is 5. The van der Waals surface area contributed by atoms with Gasteiger partial charge in [0.05, 0.1) is 27.7 Å². The maximum absolute atomic E-state index is 13.4. The molecule has 3 aromatic rings. The summed E-state index contributed by atoms with van der Waals surface area (Å²) in [5, 5.41) is 11.0. The number of ether oxygens (including phenoxy) is 1. The molecule has 2 aromatic carbocycles. The SMILES string of the molecule is CN(C)c1c(Cl)ccc2c(=O)c3ccc(C4=CC[C@@H](C(=O)OC(C)(C)C)C=C4)cc3n(CC(=O)O)c12. The average Bonchev–Trinajstić information content (AvgIpc) is 2.79. The van der Waals surface area contributed by atoms with E-state index in [-0.39, 0.29) is 23.9 Å². The average molecular weight is 509 g/mol. The fraction of sp³-hybridized carbons (Fsp3) is 0.321. The lowest BCUT2D eigenvalue weighted by Crippen LogP contribution is -2.28. The molecule has 36 heavy (non-hydrogen) atoms. The fourth-order valence-corrected chi connectivity index (χ4v) is 4.84. The number of carbonyl (C=O) groups is 2. The Morgan fingerprint density at radius 3 is 2.44 bits per heavy atom. The quantitative estimate of drug-likeness (QED) is 0.373. The molecule has 0 fully saturated rings. The first-order chi connectivity index (χ1) is 16.9. The summed E-state index contributed by atoms with van der Waals surface area (Å²) in [6.45, 7) is 5.17. The van der Waals surface area contributed by atoms with Crippen LogP contribution in [-0.2, 0) is 20.9 Å². The number of anilines is 1. The second-order valence-corrected chi connectivity index (χ2v) is 10.5. The van der Waals surface area contributed by atoms with E-state index in [4.69, 9.17) is 16.3 Å². The van der Waals surface area contributed by atoms with Gasteiger partial charge in [-0.1, -0.05) is 35.9 Å². The second-order valence-electron chi connectivity index (χ2n) is 10.1. The van der Waals surface area contributed by atoms with Gasteiger partial charge in [-0.2, -0.15) is 0 Å². The number of rotatable bonds is 5. The van der Waals surface area contributed by atoms with Crippen molar-refractivity contribution < 1.29 is 19.4 Å². The smallest absolute Gasteiger partial charge is 0.323 e. The van der Waals surface area contributed by atoms with Crippen LogP contribution in [0.15, 0.2) is 53.4 Å². The van der Waals surface area contributed by atoms with Crippen LogP contribution < -0.4 is 10.3 Å². The Kier molecular flexibility index (Phi) is 6.71. The van der Waals surface area contributed by atoms with E-state index in [0.717, 1.165) is 11.1 Å². The minimum absolute atomic E-state index is 0.189. The molecule has 188 valence electrons. The van der Waals surface area contributed by atoms with Gasteiger partial charge in [0.1, 0.15) is 12.1 Å². The van der Waals surface area contributed by atoms with Crippen molar-refractivity contribution in [3.63, 3.8) is 0 Å². The molecule has 0 aliphatic heterocycles. The predicted molar refractivity (Wildman–Crippen MR) is 144 cm³/mol. The topological polar surface area (TPSA) is 88.8 Å². The van der Waals surface area contributed by atoms with Gasteiger partial charge in [-0.05, 0) is 62.6 Å². The number of carboxylic acids is 1. The number of aromatic nitrogens is 1. The molecule has 0 unspecified atom stereocenters. The molecule has 1 N–H and O–H groups in total. The lowest BCUT2D eigenvalue weighted by Gasteiger charge is -2.24. The van der Waals surface area contributed by atoms with Crippen molar-refractivity contribution >= 4 is 56.6 Å². The van der Waals surface area contributed by atoms with Crippen LogP contribution in [0.25, 0.3) is 27.4 Å². The minimum atomic E-state index is -1.03. The molecule has 0 spiro atoms. The summed E-state index contributed by atoms with van der Waals surface area (Å²) in [5.74, 6) is -1.68. The van der Waals surface area contributed by atoms with Crippen LogP contribution in [0.1, 0.15) is 32.8 Å². The summed E-state index contributed by atoms with van der Waals surface area (Å²) >= 11 is 6.48. The van der Waals surface area contributed by atoms with E-state index in [9.17, 15) is 19.5 Å². The number of allylic oxidation sites excluding steroid dienone is 3. The van der Waals surface area contributed by atoms with Gasteiger partial charge in [-0.3, -0.25) is 14.4 Å².